The van der Waals surface area contributed by atoms with Crippen LogP contribution in [-0.4, -0.2) is 36.1 Å². The Morgan fingerprint density at radius 2 is 2.00 bits per heavy atom. The van der Waals surface area contributed by atoms with Crippen LogP contribution in [0.5, 0.6) is 0 Å². The van der Waals surface area contributed by atoms with Gasteiger partial charge in [-0.1, -0.05) is 41.1 Å². The molecule has 7 heteroatoms. The van der Waals surface area contributed by atoms with Gasteiger partial charge in [0, 0.05) is 17.1 Å². The van der Waals surface area contributed by atoms with Gasteiger partial charge in [-0.05, 0) is 25.0 Å². The van der Waals surface area contributed by atoms with Crippen molar-refractivity contribution < 1.29 is 18.3 Å². The van der Waals surface area contributed by atoms with E-state index < -0.39 is 16.0 Å². The van der Waals surface area contributed by atoms with E-state index in [9.17, 15) is 13.2 Å². The number of aliphatic carboxylic acids is 1. The zero-order chi connectivity index (χ0) is 16.0. The number of hydrogen-bond donors (Lipinski definition) is 1. The summed E-state index contributed by atoms with van der Waals surface area (Å²) in [6, 6.07) is 7.09. The molecule has 0 amide bonds. The lowest BCUT2D eigenvalue weighted by Gasteiger charge is -2.29. The highest BCUT2D eigenvalue weighted by atomic mass is 79.9. The summed E-state index contributed by atoms with van der Waals surface area (Å²) in [6.45, 7) is 4.07. The van der Waals surface area contributed by atoms with Crippen molar-refractivity contribution in [3.05, 3.63) is 34.3 Å². The molecule has 0 aromatic heterocycles. The molecule has 0 bridgehead atoms. The molecule has 0 aliphatic rings. The topological polar surface area (TPSA) is 74.7 Å². The highest BCUT2D eigenvalue weighted by Crippen LogP contribution is 2.29. The molecule has 0 aliphatic heterocycles. The zero-order valence-corrected chi connectivity index (χ0v) is 14.5. The van der Waals surface area contributed by atoms with Gasteiger partial charge in [-0.15, -0.1) is 0 Å². The first-order valence-electron chi connectivity index (χ1n) is 6.75. The minimum absolute atomic E-state index is 0.348. The normalized spacial score (nSPS) is 13.3. The third-order valence-corrected chi connectivity index (χ3v) is 5.82. The number of nitrogens with zero attached hydrogens (tertiary/aromatic N) is 1. The van der Waals surface area contributed by atoms with E-state index >= 15 is 0 Å². The van der Waals surface area contributed by atoms with Crippen molar-refractivity contribution >= 4 is 31.9 Å². The van der Waals surface area contributed by atoms with Gasteiger partial charge in [0.1, 0.15) is 0 Å². The van der Waals surface area contributed by atoms with Crippen LogP contribution in [0.2, 0.25) is 0 Å². The Morgan fingerprint density at radius 3 is 2.52 bits per heavy atom. The molecular weight excluding hydrogens is 358 g/mol. The van der Waals surface area contributed by atoms with E-state index in [2.05, 4.69) is 15.9 Å². The van der Waals surface area contributed by atoms with Crippen LogP contribution in [0, 0.1) is 0 Å². The van der Waals surface area contributed by atoms with Crippen molar-refractivity contribution in [3.8, 4) is 0 Å². The SMILES string of the molecule is CCCN(C(C)c1ccccc1Br)S(=O)(=O)CCC(=O)O. The number of sulfonamides is 1. The first-order chi connectivity index (χ1) is 9.79. The van der Waals surface area contributed by atoms with Gasteiger partial charge in [0.25, 0.3) is 0 Å². The maximum Gasteiger partial charge on any atom is 0.304 e. The van der Waals surface area contributed by atoms with Crippen molar-refractivity contribution in [1.29, 1.82) is 0 Å². The highest BCUT2D eigenvalue weighted by molar-refractivity contribution is 9.10. The molecule has 0 spiro atoms. The standard InChI is InChI=1S/C14H20BrNO4S/c1-3-9-16(21(19,20)10-8-14(17)18)11(2)12-6-4-5-7-13(12)15/h4-7,11H,3,8-10H2,1-2H3,(H,17,18). The minimum Gasteiger partial charge on any atom is -0.481 e. The number of benzene rings is 1. The van der Waals surface area contributed by atoms with Crippen molar-refractivity contribution in [2.45, 2.75) is 32.7 Å². The molecule has 5 nitrogen and oxygen atoms in total. The fourth-order valence-electron chi connectivity index (χ4n) is 2.10. The van der Waals surface area contributed by atoms with Crippen molar-refractivity contribution in [1.82, 2.24) is 4.31 Å². The Balaban J connectivity index is 3.05. The molecule has 0 aliphatic carbocycles. The summed E-state index contributed by atoms with van der Waals surface area (Å²) in [6.07, 6.45) is 0.284. The Bertz CT molecular complexity index is 588. The third kappa shape index (κ3) is 5.09. The lowest BCUT2D eigenvalue weighted by molar-refractivity contribution is -0.136. The van der Waals surface area contributed by atoms with E-state index in [0.717, 1.165) is 10.0 Å². The van der Waals surface area contributed by atoms with Crippen LogP contribution in [0.1, 0.15) is 38.3 Å². The summed E-state index contributed by atoms with van der Waals surface area (Å²) in [7, 11) is -3.61. The molecule has 0 fully saturated rings. The molecule has 1 N–H and O–H groups in total. The second-order valence-corrected chi connectivity index (χ2v) is 7.66. The summed E-state index contributed by atoms with van der Waals surface area (Å²) in [5, 5.41) is 8.70. The van der Waals surface area contributed by atoms with Crippen LogP contribution in [0.4, 0.5) is 0 Å². The molecule has 1 aromatic rings. The molecule has 1 atom stereocenters. The van der Waals surface area contributed by atoms with E-state index in [4.69, 9.17) is 5.11 Å². The lowest BCUT2D eigenvalue weighted by atomic mass is 10.1. The summed E-state index contributed by atoms with van der Waals surface area (Å²) < 4.78 is 27.0. The maximum atomic E-state index is 12.4. The Hall–Kier alpha value is -0.920. The molecule has 1 rings (SSSR count). The van der Waals surface area contributed by atoms with Crippen LogP contribution >= 0.6 is 15.9 Å². The average Bonchev–Trinajstić information content (AvgIpc) is 2.42. The van der Waals surface area contributed by atoms with Crippen molar-refractivity contribution in [2.24, 2.45) is 0 Å². The molecule has 118 valence electrons. The third-order valence-electron chi connectivity index (χ3n) is 3.16. The largest absolute Gasteiger partial charge is 0.481 e. The van der Waals surface area contributed by atoms with Crippen molar-refractivity contribution in [2.75, 3.05) is 12.3 Å². The molecule has 0 saturated heterocycles. The van der Waals surface area contributed by atoms with Gasteiger partial charge in [-0.3, -0.25) is 4.79 Å². The van der Waals surface area contributed by atoms with E-state index in [1.165, 1.54) is 4.31 Å². The number of halogens is 1. The van der Waals surface area contributed by atoms with E-state index in [1.54, 1.807) is 0 Å². The summed E-state index contributed by atoms with van der Waals surface area (Å²) in [4.78, 5) is 10.6. The predicted octanol–water partition coefficient (Wildman–Crippen LogP) is 3.03. The summed E-state index contributed by atoms with van der Waals surface area (Å²) >= 11 is 3.43. The van der Waals surface area contributed by atoms with Crippen LogP contribution in [0.3, 0.4) is 0 Å². The molecule has 0 radical (unpaired) electrons. The fraction of sp³-hybridized carbons (Fsp3) is 0.500. The summed E-state index contributed by atoms with van der Waals surface area (Å²) in [5.74, 6) is -1.49. The van der Waals surface area contributed by atoms with Crippen LogP contribution in [-0.2, 0) is 14.8 Å². The van der Waals surface area contributed by atoms with Gasteiger partial charge < -0.3 is 5.11 Å². The highest BCUT2D eigenvalue weighted by Gasteiger charge is 2.28. The smallest absolute Gasteiger partial charge is 0.304 e. The molecule has 1 aromatic carbocycles. The van der Waals surface area contributed by atoms with Gasteiger partial charge >= 0.3 is 5.97 Å². The molecular formula is C14H20BrNO4S. The maximum absolute atomic E-state index is 12.4. The number of carboxylic acid groups (broad SMARTS) is 1. The Morgan fingerprint density at radius 1 is 1.38 bits per heavy atom. The second kappa shape index (κ2) is 7.91. The Labute approximate surface area is 134 Å². The quantitative estimate of drug-likeness (QED) is 0.755. The number of rotatable bonds is 8. The molecule has 0 saturated carbocycles. The lowest BCUT2D eigenvalue weighted by Crippen LogP contribution is -2.36. The number of carbonyl (C=O) groups is 1. The predicted molar refractivity (Wildman–Crippen MR) is 85.6 cm³/mol. The van der Waals surface area contributed by atoms with E-state index in [0.29, 0.717) is 13.0 Å². The van der Waals surface area contributed by atoms with Gasteiger partial charge in [-0.2, -0.15) is 4.31 Å². The van der Waals surface area contributed by atoms with E-state index in [1.807, 2.05) is 38.1 Å². The molecule has 1 unspecified atom stereocenters. The minimum atomic E-state index is -3.61. The zero-order valence-electron chi connectivity index (χ0n) is 12.1. The van der Waals surface area contributed by atoms with E-state index in [-0.39, 0.29) is 18.2 Å². The van der Waals surface area contributed by atoms with Gasteiger partial charge in [0.15, 0.2) is 0 Å². The number of hydrogen-bond acceptors (Lipinski definition) is 3. The molecule has 0 heterocycles. The van der Waals surface area contributed by atoms with Crippen molar-refractivity contribution in [3.63, 3.8) is 0 Å². The van der Waals surface area contributed by atoms with Crippen LogP contribution in [0.25, 0.3) is 0 Å². The van der Waals surface area contributed by atoms with Gasteiger partial charge in [0.05, 0.1) is 12.2 Å². The Kier molecular flexibility index (Phi) is 6.83. The number of carboxylic acids is 1. The van der Waals surface area contributed by atoms with Crippen LogP contribution in [0.15, 0.2) is 28.7 Å². The monoisotopic (exact) mass is 377 g/mol. The van der Waals surface area contributed by atoms with Gasteiger partial charge in [-0.25, -0.2) is 8.42 Å². The molecule has 21 heavy (non-hydrogen) atoms. The van der Waals surface area contributed by atoms with Gasteiger partial charge in [0.2, 0.25) is 10.0 Å². The average molecular weight is 378 g/mol. The second-order valence-electron chi connectivity index (χ2n) is 4.77. The van der Waals surface area contributed by atoms with Crippen LogP contribution < -0.4 is 0 Å². The fourth-order valence-corrected chi connectivity index (χ4v) is 4.44. The first-order valence-corrected chi connectivity index (χ1v) is 9.15. The summed E-state index contributed by atoms with van der Waals surface area (Å²) in [5.41, 5.74) is 0.866. The first kappa shape index (κ1) is 18.1.